The Kier molecular flexibility index (Phi) is 5.71. The van der Waals surface area contributed by atoms with E-state index < -0.39 is 0 Å². The first kappa shape index (κ1) is 17.9. The summed E-state index contributed by atoms with van der Waals surface area (Å²) >= 11 is 3.42. The average Bonchev–Trinajstić information content (AvgIpc) is 2.59. The number of benzene rings is 2. The van der Waals surface area contributed by atoms with Crippen LogP contribution in [-0.2, 0) is 4.79 Å². The number of rotatable bonds is 4. The van der Waals surface area contributed by atoms with E-state index >= 15 is 0 Å². The highest BCUT2D eigenvalue weighted by atomic mass is 79.9. The van der Waals surface area contributed by atoms with Gasteiger partial charge in [-0.1, -0.05) is 15.9 Å². The Morgan fingerprint density at radius 1 is 1.12 bits per heavy atom. The molecule has 0 aromatic heterocycles. The fourth-order valence-electron chi connectivity index (χ4n) is 2.98. The van der Waals surface area contributed by atoms with Gasteiger partial charge in [0.25, 0.3) is 0 Å². The Bertz CT molecular complexity index is 743. The molecule has 0 radical (unpaired) electrons. The van der Waals surface area contributed by atoms with Crippen molar-refractivity contribution >= 4 is 33.2 Å². The highest BCUT2D eigenvalue weighted by Crippen LogP contribution is 2.20. The fraction of sp³-hybridized carbons (Fsp3) is 0.316. The topological polar surface area (TPSA) is 35.6 Å². The Morgan fingerprint density at radius 3 is 2.44 bits per heavy atom. The van der Waals surface area contributed by atoms with Gasteiger partial charge in [0, 0.05) is 42.0 Å². The monoisotopic (exact) mass is 405 g/mol. The molecular weight excluding hydrogens is 385 g/mol. The molecule has 0 spiro atoms. The number of anilines is 2. The van der Waals surface area contributed by atoms with Crippen molar-refractivity contribution in [3.63, 3.8) is 0 Å². The lowest BCUT2D eigenvalue weighted by atomic mass is 10.2. The summed E-state index contributed by atoms with van der Waals surface area (Å²) in [7, 11) is 0. The van der Waals surface area contributed by atoms with E-state index in [9.17, 15) is 9.18 Å². The molecule has 132 valence electrons. The summed E-state index contributed by atoms with van der Waals surface area (Å²) in [4.78, 5) is 16.6. The van der Waals surface area contributed by atoms with Gasteiger partial charge in [0.2, 0.25) is 5.91 Å². The molecule has 3 rings (SSSR count). The van der Waals surface area contributed by atoms with Gasteiger partial charge in [-0.15, -0.1) is 0 Å². The standard InChI is InChI=1S/C19H21BrFN3O/c1-14-12-15(20)2-7-18(14)22-19(25)13-23-8-10-24(11-9-23)17-5-3-16(21)4-6-17/h2-7,12H,8-11,13H2,1H3,(H,22,25). The van der Waals surface area contributed by atoms with Crippen LogP contribution in [0.3, 0.4) is 0 Å². The van der Waals surface area contributed by atoms with Crippen molar-refractivity contribution in [2.24, 2.45) is 0 Å². The SMILES string of the molecule is Cc1cc(Br)ccc1NC(=O)CN1CCN(c2ccc(F)cc2)CC1. The summed E-state index contributed by atoms with van der Waals surface area (Å²) in [5, 5.41) is 2.98. The summed E-state index contributed by atoms with van der Waals surface area (Å²) in [5.41, 5.74) is 2.90. The van der Waals surface area contributed by atoms with Gasteiger partial charge in [0.15, 0.2) is 0 Å². The summed E-state index contributed by atoms with van der Waals surface area (Å²) in [5.74, 6) is -0.219. The molecule has 6 heteroatoms. The van der Waals surface area contributed by atoms with E-state index in [0.717, 1.165) is 47.6 Å². The van der Waals surface area contributed by atoms with Crippen LogP contribution >= 0.6 is 15.9 Å². The molecule has 1 aliphatic heterocycles. The van der Waals surface area contributed by atoms with Crippen molar-refractivity contribution < 1.29 is 9.18 Å². The molecule has 1 aliphatic rings. The van der Waals surface area contributed by atoms with Gasteiger partial charge >= 0.3 is 0 Å². The number of carbonyl (C=O) groups is 1. The Labute approximate surface area is 155 Å². The van der Waals surface area contributed by atoms with Crippen LogP contribution in [0.25, 0.3) is 0 Å². The van der Waals surface area contributed by atoms with Crippen LogP contribution in [0.1, 0.15) is 5.56 Å². The lowest BCUT2D eigenvalue weighted by molar-refractivity contribution is -0.117. The van der Waals surface area contributed by atoms with E-state index in [0.29, 0.717) is 6.54 Å². The number of amides is 1. The van der Waals surface area contributed by atoms with Crippen molar-refractivity contribution in [3.05, 3.63) is 58.3 Å². The van der Waals surface area contributed by atoms with Crippen molar-refractivity contribution in [3.8, 4) is 0 Å². The molecule has 0 atom stereocenters. The maximum absolute atomic E-state index is 13.0. The molecule has 1 heterocycles. The van der Waals surface area contributed by atoms with Gasteiger partial charge < -0.3 is 10.2 Å². The van der Waals surface area contributed by atoms with E-state index in [2.05, 4.69) is 31.0 Å². The Morgan fingerprint density at radius 2 is 1.80 bits per heavy atom. The molecular formula is C19H21BrFN3O. The largest absolute Gasteiger partial charge is 0.369 e. The maximum atomic E-state index is 13.0. The normalized spacial score (nSPS) is 15.2. The van der Waals surface area contributed by atoms with Crippen molar-refractivity contribution in [1.29, 1.82) is 0 Å². The number of halogens is 2. The molecule has 0 unspecified atom stereocenters. The molecule has 0 saturated carbocycles. The highest BCUT2D eigenvalue weighted by molar-refractivity contribution is 9.10. The van der Waals surface area contributed by atoms with E-state index in [-0.39, 0.29) is 11.7 Å². The molecule has 0 aliphatic carbocycles. The molecule has 1 saturated heterocycles. The Balaban J connectivity index is 1.50. The van der Waals surface area contributed by atoms with Gasteiger partial charge in [-0.25, -0.2) is 4.39 Å². The number of nitrogens with zero attached hydrogens (tertiary/aromatic N) is 2. The molecule has 4 nitrogen and oxygen atoms in total. The minimum atomic E-state index is -0.220. The first-order valence-corrected chi connectivity index (χ1v) is 9.09. The van der Waals surface area contributed by atoms with Crippen LogP contribution < -0.4 is 10.2 Å². The second kappa shape index (κ2) is 7.97. The third-order valence-corrected chi connectivity index (χ3v) is 4.89. The quantitative estimate of drug-likeness (QED) is 0.842. The predicted octanol–water partition coefficient (Wildman–Crippen LogP) is 3.66. The molecule has 1 fully saturated rings. The summed E-state index contributed by atoms with van der Waals surface area (Å²) in [6.45, 7) is 5.63. The number of nitrogens with one attached hydrogen (secondary N) is 1. The van der Waals surface area contributed by atoms with Crippen LogP contribution in [0.2, 0.25) is 0 Å². The second-order valence-corrected chi connectivity index (χ2v) is 7.16. The number of carbonyl (C=O) groups excluding carboxylic acids is 1. The van der Waals surface area contributed by atoms with Gasteiger partial charge in [0.05, 0.1) is 6.54 Å². The van der Waals surface area contributed by atoms with E-state index in [1.807, 2.05) is 25.1 Å². The molecule has 1 amide bonds. The van der Waals surface area contributed by atoms with Gasteiger partial charge in [0.1, 0.15) is 5.82 Å². The highest BCUT2D eigenvalue weighted by Gasteiger charge is 2.19. The molecule has 0 bridgehead atoms. The minimum absolute atomic E-state index is 0.000606. The minimum Gasteiger partial charge on any atom is -0.369 e. The predicted molar refractivity (Wildman–Crippen MR) is 103 cm³/mol. The first-order valence-electron chi connectivity index (χ1n) is 8.30. The van der Waals surface area contributed by atoms with Crippen LogP contribution in [-0.4, -0.2) is 43.5 Å². The Hall–Kier alpha value is -1.92. The van der Waals surface area contributed by atoms with E-state index in [1.165, 1.54) is 12.1 Å². The average molecular weight is 406 g/mol. The van der Waals surface area contributed by atoms with Crippen LogP contribution in [0.15, 0.2) is 46.9 Å². The van der Waals surface area contributed by atoms with Crippen LogP contribution in [0.5, 0.6) is 0 Å². The summed E-state index contributed by atoms with van der Waals surface area (Å²) in [6.07, 6.45) is 0. The zero-order chi connectivity index (χ0) is 17.8. The van der Waals surface area contributed by atoms with Crippen molar-refractivity contribution in [2.45, 2.75) is 6.92 Å². The fourth-order valence-corrected chi connectivity index (χ4v) is 3.45. The lowest BCUT2D eigenvalue weighted by Gasteiger charge is -2.35. The number of hydrogen-bond acceptors (Lipinski definition) is 3. The molecule has 2 aromatic carbocycles. The van der Waals surface area contributed by atoms with Crippen molar-refractivity contribution in [1.82, 2.24) is 4.90 Å². The van der Waals surface area contributed by atoms with Gasteiger partial charge in [-0.2, -0.15) is 0 Å². The van der Waals surface area contributed by atoms with Crippen molar-refractivity contribution in [2.75, 3.05) is 42.9 Å². The lowest BCUT2D eigenvalue weighted by Crippen LogP contribution is -2.48. The summed E-state index contributed by atoms with van der Waals surface area (Å²) in [6, 6.07) is 12.4. The third-order valence-electron chi connectivity index (χ3n) is 4.39. The van der Waals surface area contributed by atoms with Crippen LogP contribution in [0, 0.1) is 12.7 Å². The zero-order valence-electron chi connectivity index (χ0n) is 14.1. The number of hydrogen-bond donors (Lipinski definition) is 1. The summed E-state index contributed by atoms with van der Waals surface area (Å²) < 4.78 is 14.0. The van der Waals surface area contributed by atoms with E-state index in [4.69, 9.17) is 0 Å². The molecule has 2 aromatic rings. The van der Waals surface area contributed by atoms with E-state index in [1.54, 1.807) is 12.1 Å². The first-order chi connectivity index (χ1) is 12.0. The van der Waals surface area contributed by atoms with Gasteiger partial charge in [-0.3, -0.25) is 9.69 Å². The third kappa shape index (κ3) is 4.80. The maximum Gasteiger partial charge on any atom is 0.238 e. The molecule has 1 N–H and O–H groups in total. The van der Waals surface area contributed by atoms with Gasteiger partial charge in [-0.05, 0) is 55.0 Å². The zero-order valence-corrected chi connectivity index (χ0v) is 15.7. The number of aryl methyl sites for hydroxylation is 1. The van der Waals surface area contributed by atoms with Crippen LogP contribution in [0.4, 0.5) is 15.8 Å². The smallest absolute Gasteiger partial charge is 0.238 e. The second-order valence-electron chi connectivity index (χ2n) is 6.25. The molecule has 25 heavy (non-hydrogen) atoms. The number of piperazine rings is 1.